The molecular formula is C12H18N2O2. The van der Waals surface area contributed by atoms with Crippen LogP contribution in [0.3, 0.4) is 0 Å². The highest BCUT2D eigenvalue weighted by atomic mass is 16.4. The number of nitrogens with zero attached hydrogens (tertiary/aromatic N) is 1. The second kappa shape index (κ2) is 5.51. The van der Waals surface area contributed by atoms with Crippen LogP contribution in [-0.4, -0.2) is 42.7 Å². The summed E-state index contributed by atoms with van der Waals surface area (Å²) in [5.74, 6) is -0.899. The molecule has 0 spiro atoms. The number of benzene rings is 1. The largest absolute Gasteiger partial charge is 0.478 e. The summed E-state index contributed by atoms with van der Waals surface area (Å²) in [6, 6.07) is 7.13. The predicted octanol–water partition coefficient (Wildman–Crippen LogP) is 1.75. The van der Waals surface area contributed by atoms with Crippen molar-refractivity contribution < 1.29 is 9.90 Å². The summed E-state index contributed by atoms with van der Waals surface area (Å²) in [6.45, 7) is 2.96. The Kier molecular flexibility index (Phi) is 4.31. The molecule has 0 fully saturated rings. The normalized spacial score (nSPS) is 12.5. The van der Waals surface area contributed by atoms with Gasteiger partial charge in [0.15, 0.2) is 0 Å². The fourth-order valence-corrected chi connectivity index (χ4v) is 1.62. The van der Waals surface area contributed by atoms with E-state index >= 15 is 0 Å². The van der Waals surface area contributed by atoms with Crippen LogP contribution < -0.4 is 5.32 Å². The van der Waals surface area contributed by atoms with Crippen molar-refractivity contribution in [2.75, 3.05) is 26.0 Å². The molecule has 1 rings (SSSR count). The molecule has 0 aliphatic heterocycles. The van der Waals surface area contributed by atoms with Crippen LogP contribution >= 0.6 is 0 Å². The minimum absolute atomic E-state index is 0.277. The van der Waals surface area contributed by atoms with E-state index in [4.69, 9.17) is 5.11 Å². The highest BCUT2D eigenvalue weighted by Crippen LogP contribution is 2.11. The molecule has 88 valence electrons. The minimum Gasteiger partial charge on any atom is -0.478 e. The maximum atomic E-state index is 10.8. The first-order valence-electron chi connectivity index (χ1n) is 5.23. The zero-order chi connectivity index (χ0) is 12.1. The van der Waals surface area contributed by atoms with Gasteiger partial charge in [-0.2, -0.15) is 0 Å². The smallest absolute Gasteiger partial charge is 0.335 e. The van der Waals surface area contributed by atoms with Gasteiger partial charge in [-0.3, -0.25) is 0 Å². The lowest BCUT2D eigenvalue weighted by atomic mass is 10.2. The third-order valence-electron chi connectivity index (χ3n) is 2.16. The van der Waals surface area contributed by atoms with Gasteiger partial charge in [0, 0.05) is 18.3 Å². The number of hydrogen-bond donors (Lipinski definition) is 2. The number of nitrogens with one attached hydrogen (secondary N) is 1. The third kappa shape index (κ3) is 3.90. The molecule has 0 aliphatic rings. The Hall–Kier alpha value is -1.55. The van der Waals surface area contributed by atoms with Crippen LogP contribution in [0.4, 0.5) is 5.69 Å². The second-order valence-electron chi connectivity index (χ2n) is 4.19. The van der Waals surface area contributed by atoms with Crippen LogP contribution in [-0.2, 0) is 0 Å². The van der Waals surface area contributed by atoms with E-state index in [9.17, 15) is 4.79 Å². The number of anilines is 1. The van der Waals surface area contributed by atoms with Gasteiger partial charge in [-0.1, -0.05) is 6.07 Å². The summed E-state index contributed by atoms with van der Waals surface area (Å²) in [4.78, 5) is 12.9. The molecule has 0 radical (unpaired) electrons. The van der Waals surface area contributed by atoms with Crippen molar-refractivity contribution in [3.8, 4) is 0 Å². The second-order valence-corrected chi connectivity index (χ2v) is 4.19. The summed E-state index contributed by atoms with van der Waals surface area (Å²) >= 11 is 0. The molecule has 0 saturated heterocycles. The number of carboxylic acids is 1. The average molecular weight is 222 g/mol. The van der Waals surface area contributed by atoms with Gasteiger partial charge < -0.3 is 15.3 Å². The van der Waals surface area contributed by atoms with E-state index in [2.05, 4.69) is 17.1 Å². The van der Waals surface area contributed by atoms with Crippen molar-refractivity contribution >= 4 is 11.7 Å². The molecule has 0 aliphatic carbocycles. The highest BCUT2D eigenvalue weighted by Gasteiger charge is 2.06. The third-order valence-corrected chi connectivity index (χ3v) is 2.16. The number of carboxylic acid groups (broad SMARTS) is 1. The van der Waals surface area contributed by atoms with Crippen LogP contribution in [0.5, 0.6) is 0 Å². The van der Waals surface area contributed by atoms with Crippen LogP contribution in [0.25, 0.3) is 0 Å². The van der Waals surface area contributed by atoms with Crippen molar-refractivity contribution in [3.63, 3.8) is 0 Å². The fourth-order valence-electron chi connectivity index (χ4n) is 1.62. The Morgan fingerprint density at radius 3 is 2.75 bits per heavy atom. The maximum absolute atomic E-state index is 10.8. The molecule has 2 N–H and O–H groups in total. The van der Waals surface area contributed by atoms with E-state index < -0.39 is 5.97 Å². The number of rotatable bonds is 5. The Morgan fingerprint density at radius 2 is 2.19 bits per heavy atom. The summed E-state index contributed by atoms with van der Waals surface area (Å²) in [7, 11) is 4.01. The van der Waals surface area contributed by atoms with Crippen LogP contribution in [0.2, 0.25) is 0 Å². The fraction of sp³-hybridized carbons (Fsp3) is 0.417. The number of likely N-dealkylation sites (N-methyl/N-ethyl adjacent to an activating group) is 1. The molecule has 0 amide bonds. The highest BCUT2D eigenvalue weighted by molar-refractivity contribution is 5.88. The monoisotopic (exact) mass is 222 g/mol. The molecule has 1 atom stereocenters. The summed E-state index contributed by atoms with van der Waals surface area (Å²) in [5.41, 5.74) is 1.15. The van der Waals surface area contributed by atoms with Crippen molar-refractivity contribution in [2.24, 2.45) is 0 Å². The van der Waals surface area contributed by atoms with E-state index in [0.717, 1.165) is 12.2 Å². The first-order chi connectivity index (χ1) is 7.49. The first-order valence-corrected chi connectivity index (χ1v) is 5.23. The van der Waals surface area contributed by atoms with Gasteiger partial charge in [0.25, 0.3) is 0 Å². The molecule has 4 heteroatoms. The summed E-state index contributed by atoms with van der Waals surface area (Å²) in [6.07, 6.45) is 0. The van der Waals surface area contributed by atoms with E-state index in [1.165, 1.54) is 0 Å². The zero-order valence-corrected chi connectivity index (χ0v) is 9.90. The van der Waals surface area contributed by atoms with E-state index in [-0.39, 0.29) is 6.04 Å². The molecule has 1 aromatic rings. The topological polar surface area (TPSA) is 52.6 Å². The Morgan fingerprint density at radius 1 is 1.50 bits per heavy atom. The van der Waals surface area contributed by atoms with Crippen molar-refractivity contribution in [2.45, 2.75) is 13.0 Å². The first kappa shape index (κ1) is 12.5. The molecule has 1 unspecified atom stereocenters. The van der Waals surface area contributed by atoms with E-state index in [1.54, 1.807) is 18.2 Å². The molecule has 0 bridgehead atoms. The van der Waals surface area contributed by atoms with E-state index in [1.807, 2.05) is 20.2 Å². The minimum atomic E-state index is -0.899. The molecule has 1 aromatic carbocycles. The lowest BCUT2D eigenvalue weighted by molar-refractivity contribution is 0.0697. The zero-order valence-electron chi connectivity index (χ0n) is 9.90. The molecule has 0 saturated carbocycles. The molecule has 0 heterocycles. The SMILES string of the molecule is CC(CN(C)C)Nc1cccc(C(=O)O)c1. The Balaban J connectivity index is 2.66. The number of hydrogen-bond acceptors (Lipinski definition) is 3. The van der Waals surface area contributed by atoms with Gasteiger partial charge in [-0.15, -0.1) is 0 Å². The maximum Gasteiger partial charge on any atom is 0.335 e. The lowest BCUT2D eigenvalue weighted by Gasteiger charge is -2.19. The van der Waals surface area contributed by atoms with Gasteiger partial charge in [-0.05, 0) is 39.2 Å². The van der Waals surface area contributed by atoms with Crippen molar-refractivity contribution in [1.29, 1.82) is 0 Å². The van der Waals surface area contributed by atoms with Gasteiger partial charge in [0.1, 0.15) is 0 Å². The van der Waals surface area contributed by atoms with Crippen LogP contribution in [0, 0.1) is 0 Å². The Bertz CT molecular complexity index is 364. The predicted molar refractivity (Wildman–Crippen MR) is 65.0 cm³/mol. The van der Waals surface area contributed by atoms with Gasteiger partial charge in [0.05, 0.1) is 5.56 Å². The number of carbonyl (C=O) groups is 1. The lowest BCUT2D eigenvalue weighted by Crippen LogP contribution is -2.29. The quantitative estimate of drug-likeness (QED) is 0.797. The van der Waals surface area contributed by atoms with Crippen LogP contribution in [0.1, 0.15) is 17.3 Å². The molecule has 16 heavy (non-hydrogen) atoms. The van der Waals surface area contributed by atoms with Gasteiger partial charge >= 0.3 is 5.97 Å². The van der Waals surface area contributed by atoms with Crippen molar-refractivity contribution in [3.05, 3.63) is 29.8 Å². The molecular weight excluding hydrogens is 204 g/mol. The van der Waals surface area contributed by atoms with Gasteiger partial charge in [-0.25, -0.2) is 4.79 Å². The standard InChI is InChI=1S/C12H18N2O2/c1-9(8-14(2)3)13-11-6-4-5-10(7-11)12(15)16/h4-7,9,13H,8H2,1-3H3,(H,15,16). The number of aromatic carboxylic acids is 1. The van der Waals surface area contributed by atoms with Crippen LogP contribution in [0.15, 0.2) is 24.3 Å². The van der Waals surface area contributed by atoms with Gasteiger partial charge in [0.2, 0.25) is 0 Å². The summed E-state index contributed by atoms with van der Waals surface area (Å²) in [5, 5.41) is 12.1. The Labute approximate surface area is 95.9 Å². The van der Waals surface area contributed by atoms with Crippen molar-refractivity contribution in [1.82, 2.24) is 4.90 Å². The molecule has 4 nitrogen and oxygen atoms in total. The van der Waals surface area contributed by atoms with E-state index in [0.29, 0.717) is 5.56 Å². The summed E-state index contributed by atoms with van der Waals surface area (Å²) < 4.78 is 0. The average Bonchev–Trinajstić information content (AvgIpc) is 2.16. The molecule has 0 aromatic heterocycles.